The summed E-state index contributed by atoms with van der Waals surface area (Å²) in [7, 11) is 0. The summed E-state index contributed by atoms with van der Waals surface area (Å²) in [4.78, 5) is 16.3. The number of carbonyl (C=O) groups excluding carboxylic acids is 1. The van der Waals surface area contributed by atoms with Gasteiger partial charge in [-0.1, -0.05) is 13.3 Å². The van der Waals surface area contributed by atoms with Crippen molar-refractivity contribution in [3.63, 3.8) is 0 Å². The number of thiophene rings is 1. The van der Waals surface area contributed by atoms with Crippen molar-refractivity contribution in [1.29, 1.82) is 0 Å². The average molecular weight is 267 g/mol. The lowest BCUT2D eigenvalue weighted by molar-refractivity contribution is 0.0682. The van der Waals surface area contributed by atoms with E-state index in [4.69, 9.17) is 0 Å². The van der Waals surface area contributed by atoms with E-state index in [0.717, 1.165) is 37.1 Å². The molecule has 1 aliphatic heterocycles. The maximum absolute atomic E-state index is 12.4. The molecule has 0 aliphatic carbocycles. The highest BCUT2D eigenvalue weighted by molar-refractivity contribution is 7.14. The van der Waals surface area contributed by atoms with Crippen LogP contribution in [0, 0.1) is 6.92 Å². The van der Waals surface area contributed by atoms with Gasteiger partial charge in [-0.15, -0.1) is 11.3 Å². The van der Waals surface area contributed by atoms with Gasteiger partial charge < -0.3 is 10.0 Å². The van der Waals surface area contributed by atoms with Crippen molar-refractivity contribution in [1.82, 2.24) is 4.90 Å². The molecule has 0 unspecified atom stereocenters. The molecule has 1 saturated heterocycles. The van der Waals surface area contributed by atoms with Crippen LogP contribution in [0.5, 0.6) is 0 Å². The quantitative estimate of drug-likeness (QED) is 0.911. The van der Waals surface area contributed by atoms with E-state index in [-0.39, 0.29) is 18.6 Å². The Kier molecular flexibility index (Phi) is 4.40. The molecule has 1 amide bonds. The van der Waals surface area contributed by atoms with E-state index in [0.29, 0.717) is 0 Å². The van der Waals surface area contributed by atoms with Crippen LogP contribution in [0.2, 0.25) is 0 Å². The van der Waals surface area contributed by atoms with Gasteiger partial charge in [0.1, 0.15) is 0 Å². The standard InChI is InChI=1S/C14H21NO2S/c1-3-5-11-8-13(18-10(11)2)14(17)15-7-4-6-12(15)9-16/h8,12,16H,3-7,9H2,1-2H3/t12-/m1/s1. The van der Waals surface area contributed by atoms with Crippen LogP contribution < -0.4 is 0 Å². The van der Waals surface area contributed by atoms with Gasteiger partial charge in [-0.3, -0.25) is 4.79 Å². The molecule has 3 nitrogen and oxygen atoms in total. The van der Waals surface area contributed by atoms with Crippen LogP contribution in [-0.4, -0.2) is 35.1 Å². The summed E-state index contributed by atoms with van der Waals surface area (Å²) in [6.07, 6.45) is 4.07. The monoisotopic (exact) mass is 267 g/mol. The van der Waals surface area contributed by atoms with Crippen LogP contribution in [0.4, 0.5) is 0 Å². The maximum Gasteiger partial charge on any atom is 0.264 e. The lowest BCUT2D eigenvalue weighted by Gasteiger charge is -2.22. The highest BCUT2D eigenvalue weighted by Crippen LogP contribution is 2.27. The minimum Gasteiger partial charge on any atom is -0.394 e. The van der Waals surface area contributed by atoms with Crippen molar-refractivity contribution in [3.8, 4) is 0 Å². The van der Waals surface area contributed by atoms with Crippen LogP contribution >= 0.6 is 11.3 Å². The zero-order valence-electron chi connectivity index (χ0n) is 11.1. The van der Waals surface area contributed by atoms with Crippen molar-refractivity contribution in [2.24, 2.45) is 0 Å². The van der Waals surface area contributed by atoms with Crippen molar-refractivity contribution in [3.05, 3.63) is 21.4 Å². The topological polar surface area (TPSA) is 40.5 Å². The number of aliphatic hydroxyl groups is 1. The minimum atomic E-state index is 0.0227. The Bertz CT molecular complexity index is 427. The number of amides is 1. The molecule has 2 rings (SSSR count). The molecule has 1 aromatic heterocycles. The Morgan fingerprint density at radius 2 is 2.39 bits per heavy atom. The lowest BCUT2D eigenvalue weighted by atomic mass is 10.1. The molecule has 1 aromatic rings. The number of rotatable bonds is 4. The molecule has 2 heterocycles. The number of carbonyl (C=O) groups is 1. The molecule has 1 atom stereocenters. The lowest BCUT2D eigenvalue weighted by Crippen LogP contribution is -2.37. The molecular formula is C14H21NO2S. The second-order valence-corrected chi connectivity index (χ2v) is 6.18. The molecule has 0 radical (unpaired) electrons. The van der Waals surface area contributed by atoms with Crippen molar-refractivity contribution >= 4 is 17.2 Å². The first-order valence-corrected chi connectivity index (χ1v) is 7.50. The second kappa shape index (κ2) is 5.85. The molecule has 0 aromatic carbocycles. The Labute approximate surface area is 112 Å². The van der Waals surface area contributed by atoms with Gasteiger partial charge in [0.2, 0.25) is 0 Å². The smallest absolute Gasteiger partial charge is 0.264 e. The van der Waals surface area contributed by atoms with Crippen LogP contribution in [0.25, 0.3) is 0 Å². The van der Waals surface area contributed by atoms with Crippen LogP contribution in [-0.2, 0) is 6.42 Å². The fourth-order valence-electron chi connectivity index (χ4n) is 2.58. The van der Waals surface area contributed by atoms with Gasteiger partial charge in [-0.05, 0) is 37.8 Å². The fraction of sp³-hybridized carbons (Fsp3) is 0.643. The molecule has 4 heteroatoms. The van der Waals surface area contributed by atoms with E-state index in [1.54, 1.807) is 11.3 Å². The summed E-state index contributed by atoms with van der Waals surface area (Å²) in [5, 5.41) is 9.29. The summed E-state index contributed by atoms with van der Waals surface area (Å²) in [6.45, 7) is 5.10. The number of aryl methyl sites for hydroxylation is 2. The van der Waals surface area contributed by atoms with E-state index in [2.05, 4.69) is 13.8 Å². The first-order valence-electron chi connectivity index (χ1n) is 6.68. The third-order valence-corrected chi connectivity index (χ3v) is 4.68. The van der Waals surface area contributed by atoms with Crippen molar-refractivity contribution in [2.45, 2.75) is 45.6 Å². The number of aliphatic hydroxyl groups excluding tert-OH is 1. The van der Waals surface area contributed by atoms with Gasteiger partial charge in [-0.25, -0.2) is 0 Å². The predicted octanol–water partition coefficient (Wildman–Crippen LogP) is 2.61. The van der Waals surface area contributed by atoms with Crippen molar-refractivity contribution < 1.29 is 9.90 Å². The molecule has 0 saturated carbocycles. The zero-order chi connectivity index (χ0) is 13.1. The highest BCUT2D eigenvalue weighted by Gasteiger charge is 2.29. The summed E-state index contributed by atoms with van der Waals surface area (Å²) in [5.41, 5.74) is 1.30. The van der Waals surface area contributed by atoms with Crippen LogP contribution in [0.3, 0.4) is 0 Å². The number of hydrogen-bond donors (Lipinski definition) is 1. The normalized spacial score (nSPS) is 19.5. The van der Waals surface area contributed by atoms with Gasteiger partial charge in [0.15, 0.2) is 0 Å². The predicted molar refractivity (Wildman–Crippen MR) is 74.2 cm³/mol. The molecular weight excluding hydrogens is 246 g/mol. The molecule has 1 fully saturated rings. The summed E-state index contributed by atoms with van der Waals surface area (Å²) in [5.74, 6) is 0.0991. The SMILES string of the molecule is CCCc1cc(C(=O)N2CCC[C@@H]2CO)sc1C. The van der Waals surface area contributed by atoms with Crippen molar-refractivity contribution in [2.75, 3.05) is 13.2 Å². The second-order valence-electron chi connectivity index (χ2n) is 4.92. The number of nitrogens with zero attached hydrogens (tertiary/aromatic N) is 1. The van der Waals surface area contributed by atoms with E-state index < -0.39 is 0 Å². The Hall–Kier alpha value is -0.870. The summed E-state index contributed by atoms with van der Waals surface area (Å²) < 4.78 is 0. The first-order chi connectivity index (χ1) is 8.67. The van der Waals surface area contributed by atoms with Gasteiger partial charge in [0, 0.05) is 11.4 Å². The first kappa shape index (κ1) is 13.6. The van der Waals surface area contributed by atoms with E-state index >= 15 is 0 Å². The summed E-state index contributed by atoms with van der Waals surface area (Å²) >= 11 is 1.59. The third-order valence-electron chi connectivity index (χ3n) is 3.60. The zero-order valence-corrected chi connectivity index (χ0v) is 11.9. The third kappa shape index (κ3) is 2.59. The minimum absolute atomic E-state index is 0.0227. The maximum atomic E-state index is 12.4. The highest BCUT2D eigenvalue weighted by atomic mass is 32.1. The fourth-order valence-corrected chi connectivity index (χ4v) is 3.60. The van der Waals surface area contributed by atoms with E-state index in [9.17, 15) is 9.90 Å². The molecule has 1 aliphatic rings. The van der Waals surface area contributed by atoms with Gasteiger partial charge in [-0.2, -0.15) is 0 Å². The molecule has 18 heavy (non-hydrogen) atoms. The van der Waals surface area contributed by atoms with E-state index in [1.165, 1.54) is 10.4 Å². The number of likely N-dealkylation sites (tertiary alicyclic amines) is 1. The van der Waals surface area contributed by atoms with Gasteiger partial charge in [0.25, 0.3) is 5.91 Å². The van der Waals surface area contributed by atoms with Gasteiger partial charge >= 0.3 is 0 Å². The largest absolute Gasteiger partial charge is 0.394 e. The van der Waals surface area contributed by atoms with Crippen LogP contribution in [0.15, 0.2) is 6.07 Å². The Balaban J connectivity index is 2.15. The van der Waals surface area contributed by atoms with E-state index in [1.807, 2.05) is 11.0 Å². The number of hydrogen-bond acceptors (Lipinski definition) is 3. The molecule has 0 bridgehead atoms. The molecule has 100 valence electrons. The summed E-state index contributed by atoms with van der Waals surface area (Å²) in [6, 6.07) is 2.06. The molecule has 1 N–H and O–H groups in total. The van der Waals surface area contributed by atoms with Gasteiger partial charge in [0.05, 0.1) is 17.5 Å². The van der Waals surface area contributed by atoms with Crippen LogP contribution in [0.1, 0.15) is 46.3 Å². The Morgan fingerprint density at radius 3 is 3.06 bits per heavy atom. The molecule has 0 spiro atoms. The average Bonchev–Trinajstić information content (AvgIpc) is 2.96. The Morgan fingerprint density at radius 1 is 1.61 bits per heavy atom.